The zero-order valence-electron chi connectivity index (χ0n) is 18.4. The Hall–Kier alpha value is -2.80. The summed E-state index contributed by atoms with van der Waals surface area (Å²) in [4.78, 5) is 37.1. The molecule has 0 spiro atoms. The zero-order chi connectivity index (χ0) is 21.8. The molecular formula is C24H31N5O2. The van der Waals surface area contributed by atoms with Crippen LogP contribution in [0.15, 0.2) is 36.7 Å². The maximum absolute atomic E-state index is 11.6. The number of nitrogens with one attached hydrogen (secondary N) is 1. The minimum atomic E-state index is -0.0877. The fourth-order valence-corrected chi connectivity index (χ4v) is 4.92. The first-order valence-electron chi connectivity index (χ1n) is 11.2. The number of nitrogens with zero attached hydrogens (tertiary/aromatic N) is 4. The standard InChI is InChI=1S/C24H31N5O2/c1-17(30)27-21-7-3-5-19(15-21)23-24(26-11-10-25-23)20-6-4-12-29(16-20)22-8-13-28(14-9-22)18(2)31/h3,5,7,10-11,15,20,22H,4,6,8-9,12-14,16H2,1-2H3,(H,27,30)/t20-/m1/s1. The zero-order valence-corrected chi connectivity index (χ0v) is 18.4. The number of carbonyl (C=O) groups is 2. The van der Waals surface area contributed by atoms with Crippen molar-refractivity contribution < 1.29 is 9.59 Å². The molecular weight excluding hydrogens is 390 g/mol. The lowest BCUT2D eigenvalue weighted by atomic mass is 9.89. The van der Waals surface area contributed by atoms with Crippen LogP contribution in [0, 0.1) is 0 Å². The Labute approximate surface area is 183 Å². The molecule has 0 bridgehead atoms. The van der Waals surface area contributed by atoms with Gasteiger partial charge in [0.05, 0.1) is 11.4 Å². The number of likely N-dealkylation sites (tertiary alicyclic amines) is 2. The predicted molar refractivity (Wildman–Crippen MR) is 121 cm³/mol. The molecule has 1 aromatic carbocycles. The topological polar surface area (TPSA) is 78.4 Å². The van der Waals surface area contributed by atoms with E-state index in [-0.39, 0.29) is 11.8 Å². The van der Waals surface area contributed by atoms with Gasteiger partial charge in [0.1, 0.15) is 0 Å². The summed E-state index contributed by atoms with van der Waals surface area (Å²) in [7, 11) is 0. The summed E-state index contributed by atoms with van der Waals surface area (Å²) in [5, 5.41) is 2.85. The van der Waals surface area contributed by atoms with Crippen LogP contribution in [0.25, 0.3) is 11.3 Å². The van der Waals surface area contributed by atoms with Crippen molar-refractivity contribution in [1.82, 2.24) is 19.8 Å². The third kappa shape index (κ3) is 5.10. The van der Waals surface area contributed by atoms with E-state index in [2.05, 4.69) is 15.2 Å². The lowest BCUT2D eigenvalue weighted by Gasteiger charge is -2.42. The first kappa shape index (κ1) is 21.4. The number of benzene rings is 1. The highest BCUT2D eigenvalue weighted by Gasteiger charge is 2.31. The van der Waals surface area contributed by atoms with Crippen molar-refractivity contribution in [3.63, 3.8) is 0 Å². The minimum absolute atomic E-state index is 0.0877. The van der Waals surface area contributed by atoms with E-state index in [1.807, 2.05) is 29.2 Å². The maximum Gasteiger partial charge on any atom is 0.221 e. The Morgan fingerprint density at radius 3 is 2.55 bits per heavy atom. The molecule has 1 aromatic heterocycles. The molecule has 0 aliphatic carbocycles. The van der Waals surface area contributed by atoms with Gasteiger partial charge in [-0.1, -0.05) is 12.1 Å². The van der Waals surface area contributed by atoms with E-state index >= 15 is 0 Å². The van der Waals surface area contributed by atoms with E-state index in [0.29, 0.717) is 12.0 Å². The van der Waals surface area contributed by atoms with E-state index < -0.39 is 0 Å². The van der Waals surface area contributed by atoms with Gasteiger partial charge < -0.3 is 10.2 Å². The molecule has 164 valence electrons. The Bertz CT molecular complexity index is 939. The molecule has 2 aliphatic rings. The molecule has 7 heteroatoms. The van der Waals surface area contributed by atoms with Crippen molar-refractivity contribution >= 4 is 17.5 Å². The van der Waals surface area contributed by atoms with Crippen LogP contribution >= 0.6 is 0 Å². The SMILES string of the molecule is CC(=O)Nc1cccc(-c2nccnc2[C@@H]2CCCN(C3CCN(C(C)=O)CC3)C2)c1. The van der Waals surface area contributed by atoms with Gasteiger partial charge >= 0.3 is 0 Å². The highest BCUT2D eigenvalue weighted by Crippen LogP contribution is 2.34. The summed E-state index contributed by atoms with van der Waals surface area (Å²) < 4.78 is 0. The van der Waals surface area contributed by atoms with Crippen molar-refractivity contribution in [2.24, 2.45) is 0 Å². The second-order valence-electron chi connectivity index (χ2n) is 8.62. The number of aromatic nitrogens is 2. The van der Waals surface area contributed by atoms with Crippen molar-refractivity contribution in [2.75, 3.05) is 31.5 Å². The Morgan fingerprint density at radius 1 is 1.03 bits per heavy atom. The predicted octanol–water partition coefficient (Wildman–Crippen LogP) is 3.29. The Kier molecular flexibility index (Phi) is 6.61. The number of anilines is 1. The van der Waals surface area contributed by atoms with Crippen molar-refractivity contribution in [3.05, 3.63) is 42.4 Å². The van der Waals surface area contributed by atoms with Gasteiger partial charge in [0.15, 0.2) is 0 Å². The molecule has 31 heavy (non-hydrogen) atoms. The monoisotopic (exact) mass is 421 g/mol. The summed E-state index contributed by atoms with van der Waals surface area (Å²) in [6, 6.07) is 8.34. The third-order valence-corrected chi connectivity index (χ3v) is 6.45. The summed E-state index contributed by atoms with van der Waals surface area (Å²) in [6.07, 6.45) is 7.83. The molecule has 3 heterocycles. The normalized spacial score (nSPS) is 20.5. The smallest absolute Gasteiger partial charge is 0.221 e. The molecule has 2 aromatic rings. The van der Waals surface area contributed by atoms with Crippen LogP contribution in [0.5, 0.6) is 0 Å². The van der Waals surface area contributed by atoms with E-state index in [0.717, 1.165) is 74.5 Å². The van der Waals surface area contributed by atoms with Gasteiger partial charge in [-0.3, -0.25) is 24.5 Å². The lowest BCUT2D eigenvalue weighted by Crippen LogP contribution is -2.49. The van der Waals surface area contributed by atoms with Crippen molar-refractivity contribution in [3.8, 4) is 11.3 Å². The summed E-state index contributed by atoms with van der Waals surface area (Å²) in [5.74, 6) is 0.420. The molecule has 2 saturated heterocycles. The quantitative estimate of drug-likeness (QED) is 0.820. The summed E-state index contributed by atoms with van der Waals surface area (Å²) >= 11 is 0. The first-order chi connectivity index (χ1) is 15.0. The fraction of sp³-hybridized carbons (Fsp3) is 0.500. The number of piperidine rings is 2. The number of hydrogen-bond donors (Lipinski definition) is 1. The number of rotatable bonds is 4. The maximum atomic E-state index is 11.6. The van der Waals surface area contributed by atoms with Crippen molar-refractivity contribution in [1.29, 1.82) is 0 Å². The number of carbonyl (C=O) groups excluding carboxylic acids is 2. The van der Waals surface area contributed by atoms with Crippen LogP contribution in [-0.4, -0.2) is 63.8 Å². The van der Waals surface area contributed by atoms with Crippen LogP contribution in [0.2, 0.25) is 0 Å². The summed E-state index contributed by atoms with van der Waals surface area (Å²) in [6.45, 7) is 6.96. The average Bonchev–Trinajstić information content (AvgIpc) is 2.79. The molecule has 7 nitrogen and oxygen atoms in total. The van der Waals surface area contributed by atoms with Gasteiger partial charge in [0.25, 0.3) is 0 Å². The Balaban J connectivity index is 1.51. The van der Waals surface area contributed by atoms with Gasteiger partial charge in [-0.25, -0.2) is 0 Å². The molecule has 2 fully saturated rings. The molecule has 2 amide bonds. The Morgan fingerprint density at radius 2 is 1.81 bits per heavy atom. The lowest BCUT2D eigenvalue weighted by molar-refractivity contribution is -0.130. The highest BCUT2D eigenvalue weighted by molar-refractivity contribution is 5.89. The summed E-state index contributed by atoms with van der Waals surface area (Å²) in [5.41, 5.74) is 3.67. The largest absolute Gasteiger partial charge is 0.343 e. The number of amides is 2. The molecule has 4 rings (SSSR count). The molecule has 2 aliphatic heterocycles. The van der Waals surface area contributed by atoms with Gasteiger partial charge in [-0.2, -0.15) is 0 Å². The van der Waals surface area contributed by atoms with E-state index in [1.54, 1.807) is 19.3 Å². The van der Waals surface area contributed by atoms with Crippen molar-refractivity contribution in [2.45, 2.75) is 51.5 Å². The minimum Gasteiger partial charge on any atom is -0.343 e. The van der Waals surface area contributed by atoms with Crippen LogP contribution in [0.4, 0.5) is 5.69 Å². The van der Waals surface area contributed by atoms with Crippen LogP contribution < -0.4 is 5.32 Å². The molecule has 0 saturated carbocycles. The molecule has 1 N–H and O–H groups in total. The molecule has 0 radical (unpaired) electrons. The van der Waals surface area contributed by atoms with Crippen LogP contribution in [0.3, 0.4) is 0 Å². The first-order valence-corrected chi connectivity index (χ1v) is 11.2. The number of hydrogen-bond acceptors (Lipinski definition) is 5. The fourth-order valence-electron chi connectivity index (χ4n) is 4.92. The van der Waals surface area contributed by atoms with Gasteiger partial charge in [0.2, 0.25) is 11.8 Å². The van der Waals surface area contributed by atoms with Gasteiger partial charge in [-0.15, -0.1) is 0 Å². The van der Waals surface area contributed by atoms with E-state index in [9.17, 15) is 9.59 Å². The molecule has 1 atom stereocenters. The third-order valence-electron chi connectivity index (χ3n) is 6.45. The van der Waals surface area contributed by atoms with Gasteiger partial charge in [0, 0.05) is 69.1 Å². The highest BCUT2D eigenvalue weighted by atomic mass is 16.2. The average molecular weight is 422 g/mol. The van der Waals surface area contributed by atoms with E-state index in [4.69, 9.17) is 4.98 Å². The second-order valence-corrected chi connectivity index (χ2v) is 8.62. The molecule has 0 unspecified atom stereocenters. The van der Waals surface area contributed by atoms with Crippen LogP contribution in [0.1, 0.15) is 51.1 Å². The van der Waals surface area contributed by atoms with E-state index in [1.165, 1.54) is 6.92 Å². The second kappa shape index (κ2) is 9.56. The van der Waals surface area contributed by atoms with Crippen LogP contribution in [-0.2, 0) is 9.59 Å². The van der Waals surface area contributed by atoms with Gasteiger partial charge in [-0.05, 0) is 44.4 Å².